The van der Waals surface area contributed by atoms with Gasteiger partial charge in [0.1, 0.15) is 11.9 Å². The zero-order valence-corrected chi connectivity index (χ0v) is 6.66. The number of aromatic nitrogens is 2. The number of nitrogens with one attached hydrogen (secondary N) is 1. The number of nitrogens with zero attached hydrogens (tertiary/aromatic N) is 1. The number of rotatable bonds is 3. The zero-order chi connectivity index (χ0) is 8.27. The molecule has 1 aromatic rings. The van der Waals surface area contributed by atoms with E-state index < -0.39 is 0 Å². The highest BCUT2D eigenvalue weighted by molar-refractivity contribution is 5.06. The largest absolute Gasteiger partial charge is 0.493 e. The van der Waals surface area contributed by atoms with Crippen LogP contribution >= 0.6 is 0 Å². The van der Waals surface area contributed by atoms with Crippen LogP contribution in [0.15, 0.2) is 6.20 Å². The molecule has 2 N–H and O–H groups in total. The first-order chi connectivity index (χ1) is 5.24. The third-order valence-electron chi connectivity index (χ3n) is 1.38. The second-order valence-electron chi connectivity index (χ2n) is 2.25. The minimum atomic E-state index is -0.0825. The predicted octanol–water partition coefficient (Wildman–Crippen LogP) is 1.21. The van der Waals surface area contributed by atoms with E-state index in [9.17, 15) is 0 Å². The summed E-state index contributed by atoms with van der Waals surface area (Å²) in [4.78, 5) is 6.58. The van der Waals surface area contributed by atoms with Crippen LogP contribution in [0.2, 0.25) is 0 Å². The van der Waals surface area contributed by atoms with E-state index in [1.54, 1.807) is 0 Å². The van der Waals surface area contributed by atoms with Crippen molar-refractivity contribution in [3.05, 3.63) is 12.0 Å². The minimum absolute atomic E-state index is 0.0755. The van der Waals surface area contributed by atoms with Crippen LogP contribution in [0, 0.1) is 0 Å². The van der Waals surface area contributed by atoms with Gasteiger partial charge in [0.05, 0.1) is 6.20 Å². The summed E-state index contributed by atoms with van der Waals surface area (Å²) in [5, 5.41) is 8.90. The molecular formula is C7H12N2O2. The van der Waals surface area contributed by atoms with Gasteiger partial charge in [0.2, 0.25) is 5.88 Å². The normalized spacial score (nSPS) is 13.3. The molecule has 1 unspecified atom stereocenters. The molecule has 62 valence electrons. The quantitative estimate of drug-likeness (QED) is 0.691. The smallest absolute Gasteiger partial charge is 0.208 e. The van der Waals surface area contributed by atoms with Gasteiger partial charge >= 0.3 is 0 Å². The topological polar surface area (TPSA) is 58.1 Å². The molecule has 0 amide bonds. The molecule has 0 aliphatic heterocycles. The Morgan fingerprint density at radius 1 is 1.82 bits per heavy atom. The van der Waals surface area contributed by atoms with Gasteiger partial charge in [-0.3, -0.25) is 0 Å². The molecule has 1 rings (SSSR count). The van der Waals surface area contributed by atoms with Crippen LogP contribution < -0.4 is 0 Å². The Labute approximate surface area is 65.2 Å². The van der Waals surface area contributed by atoms with Crippen molar-refractivity contribution in [1.82, 2.24) is 9.97 Å². The van der Waals surface area contributed by atoms with Gasteiger partial charge in [-0.2, -0.15) is 0 Å². The fraction of sp³-hybridized carbons (Fsp3) is 0.571. The van der Waals surface area contributed by atoms with Crippen LogP contribution in [-0.2, 0) is 4.74 Å². The summed E-state index contributed by atoms with van der Waals surface area (Å²) in [7, 11) is 0. The molecule has 0 radical (unpaired) electrons. The number of aromatic amines is 1. The molecule has 0 spiro atoms. The highest BCUT2D eigenvalue weighted by Gasteiger charge is 2.07. The van der Waals surface area contributed by atoms with Gasteiger partial charge in [0.15, 0.2) is 0 Å². The third-order valence-corrected chi connectivity index (χ3v) is 1.38. The van der Waals surface area contributed by atoms with Gasteiger partial charge in [0.25, 0.3) is 0 Å². The second kappa shape index (κ2) is 3.39. The second-order valence-corrected chi connectivity index (χ2v) is 2.25. The molecule has 11 heavy (non-hydrogen) atoms. The van der Waals surface area contributed by atoms with Crippen LogP contribution in [0.25, 0.3) is 0 Å². The van der Waals surface area contributed by atoms with Crippen molar-refractivity contribution in [3.8, 4) is 5.88 Å². The van der Waals surface area contributed by atoms with E-state index in [2.05, 4.69) is 9.97 Å². The van der Waals surface area contributed by atoms with E-state index in [0.717, 1.165) is 0 Å². The van der Waals surface area contributed by atoms with Gasteiger partial charge in [-0.1, -0.05) is 0 Å². The lowest BCUT2D eigenvalue weighted by molar-refractivity contribution is 0.0704. The van der Waals surface area contributed by atoms with E-state index in [4.69, 9.17) is 9.84 Å². The summed E-state index contributed by atoms with van der Waals surface area (Å²) in [5.74, 6) is 0.732. The molecule has 4 heteroatoms. The maximum absolute atomic E-state index is 8.90. The SMILES string of the molecule is CCOC(C)c1ncc(O)[nH]1. The summed E-state index contributed by atoms with van der Waals surface area (Å²) in [6.45, 7) is 4.43. The molecule has 0 aliphatic rings. The van der Waals surface area contributed by atoms with Crippen LogP contribution in [-0.4, -0.2) is 21.7 Å². The predicted molar refractivity (Wildman–Crippen MR) is 40.3 cm³/mol. The lowest BCUT2D eigenvalue weighted by Crippen LogP contribution is -2.00. The Bertz CT molecular complexity index is 222. The summed E-state index contributed by atoms with van der Waals surface area (Å²) in [5.41, 5.74) is 0. The number of hydrogen-bond acceptors (Lipinski definition) is 3. The molecule has 0 aliphatic carbocycles. The van der Waals surface area contributed by atoms with Crippen LogP contribution in [0.5, 0.6) is 5.88 Å². The van der Waals surface area contributed by atoms with E-state index >= 15 is 0 Å². The first kappa shape index (κ1) is 8.07. The van der Waals surface area contributed by atoms with Crippen molar-refractivity contribution in [2.75, 3.05) is 6.61 Å². The number of hydrogen-bond donors (Lipinski definition) is 2. The van der Waals surface area contributed by atoms with E-state index in [1.165, 1.54) is 6.20 Å². The van der Waals surface area contributed by atoms with Gasteiger partial charge in [0, 0.05) is 6.61 Å². The Morgan fingerprint density at radius 2 is 2.55 bits per heavy atom. The van der Waals surface area contributed by atoms with E-state index in [1.807, 2.05) is 13.8 Å². The average molecular weight is 156 g/mol. The van der Waals surface area contributed by atoms with Gasteiger partial charge < -0.3 is 14.8 Å². The Kier molecular flexibility index (Phi) is 2.48. The first-order valence-corrected chi connectivity index (χ1v) is 3.59. The van der Waals surface area contributed by atoms with Gasteiger partial charge in [-0.05, 0) is 13.8 Å². The maximum atomic E-state index is 8.90. The first-order valence-electron chi connectivity index (χ1n) is 3.59. The van der Waals surface area contributed by atoms with Gasteiger partial charge in [-0.15, -0.1) is 0 Å². The molecule has 0 saturated carbocycles. The number of aromatic hydroxyl groups is 1. The fourth-order valence-corrected chi connectivity index (χ4v) is 0.862. The molecule has 1 heterocycles. The van der Waals surface area contributed by atoms with Crippen molar-refractivity contribution >= 4 is 0 Å². The zero-order valence-electron chi connectivity index (χ0n) is 6.66. The molecule has 1 aromatic heterocycles. The van der Waals surface area contributed by atoms with Crippen LogP contribution in [0.1, 0.15) is 25.8 Å². The highest BCUT2D eigenvalue weighted by Crippen LogP contribution is 2.14. The fourth-order valence-electron chi connectivity index (χ4n) is 0.862. The molecule has 4 nitrogen and oxygen atoms in total. The molecule has 1 atom stereocenters. The van der Waals surface area contributed by atoms with E-state index in [-0.39, 0.29) is 12.0 Å². The Balaban J connectivity index is 2.60. The van der Waals surface area contributed by atoms with E-state index in [0.29, 0.717) is 12.4 Å². The Morgan fingerprint density at radius 3 is 3.00 bits per heavy atom. The molecule has 0 fully saturated rings. The standard InChI is InChI=1S/C7H12N2O2/c1-3-11-5(2)7-8-4-6(10)9-7/h4-5,10H,3H2,1-2H3,(H,8,9). The molecule has 0 saturated heterocycles. The number of imidazole rings is 1. The maximum Gasteiger partial charge on any atom is 0.208 e. The average Bonchev–Trinajstić information content (AvgIpc) is 2.36. The van der Waals surface area contributed by atoms with Crippen molar-refractivity contribution < 1.29 is 9.84 Å². The van der Waals surface area contributed by atoms with Crippen LogP contribution in [0.3, 0.4) is 0 Å². The summed E-state index contributed by atoms with van der Waals surface area (Å²) >= 11 is 0. The lowest BCUT2D eigenvalue weighted by Gasteiger charge is -2.06. The monoisotopic (exact) mass is 156 g/mol. The summed E-state index contributed by atoms with van der Waals surface area (Å²) < 4.78 is 5.24. The summed E-state index contributed by atoms with van der Waals surface area (Å²) in [6, 6.07) is 0. The lowest BCUT2D eigenvalue weighted by atomic mass is 10.4. The number of ether oxygens (including phenoxy) is 1. The molecule has 0 bridgehead atoms. The third kappa shape index (κ3) is 1.94. The van der Waals surface area contributed by atoms with Crippen LogP contribution in [0.4, 0.5) is 0 Å². The molecular weight excluding hydrogens is 144 g/mol. The minimum Gasteiger partial charge on any atom is -0.493 e. The van der Waals surface area contributed by atoms with Crippen molar-refractivity contribution in [2.45, 2.75) is 20.0 Å². The van der Waals surface area contributed by atoms with Crippen molar-refractivity contribution in [2.24, 2.45) is 0 Å². The van der Waals surface area contributed by atoms with Crippen molar-refractivity contribution in [1.29, 1.82) is 0 Å². The number of H-pyrrole nitrogens is 1. The summed E-state index contributed by atoms with van der Waals surface area (Å²) in [6.07, 6.45) is 1.28. The van der Waals surface area contributed by atoms with Crippen molar-refractivity contribution in [3.63, 3.8) is 0 Å². The van der Waals surface area contributed by atoms with Gasteiger partial charge in [-0.25, -0.2) is 4.98 Å². The Hall–Kier alpha value is -1.03. The highest BCUT2D eigenvalue weighted by atomic mass is 16.5. The molecule has 0 aromatic carbocycles.